The maximum atomic E-state index is 13.3. The molecule has 0 saturated heterocycles. The van der Waals surface area contributed by atoms with Crippen LogP contribution < -0.4 is 14.4 Å². The number of carbonyl (C=O) groups excluding carboxylic acids is 2. The molecular formula is C27H36F3N3O5S. The summed E-state index contributed by atoms with van der Waals surface area (Å²) < 4.78 is 70.4. The molecule has 2 aromatic rings. The predicted molar refractivity (Wildman–Crippen MR) is 144 cm³/mol. The smallest absolute Gasteiger partial charge is 0.416 e. The van der Waals surface area contributed by atoms with E-state index in [4.69, 9.17) is 4.74 Å². The minimum absolute atomic E-state index is 0.0287. The van der Waals surface area contributed by atoms with Crippen LogP contribution in [0.15, 0.2) is 48.5 Å². The Morgan fingerprint density at radius 1 is 1.08 bits per heavy atom. The number of alkyl halides is 3. The quantitative estimate of drug-likeness (QED) is 0.380. The van der Waals surface area contributed by atoms with Gasteiger partial charge in [-0.3, -0.25) is 13.9 Å². The number of ether oxygens (including phenoxy) is 1. The van der Waals surface area contributed by atoms with Gasteiger partial charge in [0.2, 0.25) is 21.8 Å². The molecule has 0 aromatic heterocycles. The highest BCUT2D eigenvalue weighted by molar-refractivity contribution is 7.92. The number of carbonyl (C=O) groups is 2. The van der Waals surface area contributed by atoms with Gasteiger partial charge in [-0.25, -0.2) is 8.42 Å². The first-order chi connectivity index (χ1) is 18.2. The van der Waals surface area contributed by atoms with E-state index in [1.54, 1.807) is 31.2 Å². The molecule has 0 saturated carbocycles. The normalized spacial score (nSPS) is 13.3. The Kier molecular flexibility index (Phi) is 11.2. The highest BCUT2D eigenvalue weighted by atomic mass is 32.2. The Hall–Kier alpha value is -3.28. The third kappa shape index (κ3) is 9.45. The molecule has 39 heavy (non-hydrogen) atoms. The van der Waals surface area contributed by atoms with Crippen LogP contribution >= 0.6 is 0 Å². The molecule has 2 rings (SSSR count). The van der Waals surface area contributed by atoms with E-state index in [1.165, 1.54) is 18.1 Å². The van der Waals surface area contributed by atoms with Crippen LogP contribution in [0.2, 0.25) is 0 Å². The lowest BCUT2D eigenvalue weighted by Gasteiger charge is -2.30. The summed E-state index contributed by atoms with van der Waals surface area (Å²) in [5.74, 6) is -0.0855. The SMILES string of the molecule is CC[C@H](C)NC(=O)[C@H](C)N(Cc1ccc(OC)cc1)C(=O)CCCN(c1cccc(C(F)(F)F)c1)S(C)(=O)=O. The lowest BCUT2D eigenvalue weighted by Crippen LogP contribution is -2.49. The maximum absolute atomic E-state index is 13.3. The number of nitrogens with zero attached hydrogens (tertiary/aromatic N) is 2. The average molecular weight is 572 g/mol. The van der Waals surface area contributed by atoms with Crippen LogP contribution in [-0.2, 0) is 32.3 Å². The fourth-order valence-electron chi connectivity index (χ4n) is 3.82. The zero-order valence-corrected chi connectivity index (χ0v) is 23.6. The molecule has 0 aliphatic carbocycles. The number of halogens is 3. The molecule has 0 radical (unpaired) electrons. The lowest BCUT2D eigenvalue weighted by molar-refractivity contribution is -0.140. The number of sulfonamides is 1. The lowest BCUT2D eigenvalue weighted by atomic mass is 10.1. The van der Waals surface area contributed by atoms with Gasteiger partial charge in [0.05, 0.1) is 24.6 Å². The third-order valence-corrected chi connectivity index (χ3v) is 7.49. The van der Waals surface area contributed by atoms with Gasteiger partial charge < -0.3 is 15.0 Å². The van der Waals surface area contributed by atoms with Crippen molar-refractivity contribution in [2.45, 2.75) is 64.8 Å². The molecule has 0 heterocycles. The summed E-state index contributed by atoms with van der Waals surface area (Å²) >= 11 is 0. The van der Waals surface area contributed by atoms with Gasteiger partial charge in [-0.15, -0.1) is 0 Å². The Morgan fingerprint density at radius 3 is 2.26 bits per heavy atom. The summed E-state index contributed by atoms with van der Waals surface area (Å²) in [5.41, 5.74) is -0.359. The van der Waals surface area contributed by atoms with E-state index in [0.29, 0.717) is 12.2 Å². The largest absolute Gasteiger partial charge is 0.497 e. The van der Waals surface area contributed by atoms with Crippen LogP contribution in [-0.4, -0.2) is 57.1 Å². The summed E-state index contributed by atoms with van der Waals surface area (Å²) in [6.45, 7) is 5.31. The predicted octanol–water partition coefficient (Wildman–Crippen LogP) is 4.59. The molecule has 216 valence electrons. The van der Waals surface area contributed by atoms with Crippen molar-refractivity contribution in [3.05, 3.63) is 59.7 Å². The van der Waals surface area contributed by atoms with Crippen LogP contribution in [0.3, 0.4) is 0 Å². The molecule has 2 atom stereocenters. The number of hydrogen-bond acceptors (Lipinski definition) is 5. The van der Waals surface area contributed by atoms with Crippen molar-refractivity contribution in [3.63, 3.8) is 0 Å². The van der Waals surface area contributed by atoms with E-state index in [1.807, 2.05) is 13.8 Å². The number of anilines is 1. The Bertz CT molecular complexity index is 1220. The fraction of sp³-hybridized carbons (Fsp3) is 0.481. The number of hydrogen-bond donors (Lipinski definition) is 1. The van der Waals surface area contributed by atoms with Gasteiger partial charge in [-0.1, -0.05) is 25.1 Å². The summed E-state index contributed by atoms with van der Waals surface area (Å²) in [6, 6.07) is 10.1. The van der Waals surface area contributed by atoms with Crippen molar-refractivity contribution >= 4 is 27.5 Å². The van der Waals surface area contributed by atoms with Gasteiger partial charge in [0.15, 0.2) is 0 Å². The Labute approximate surface area is 228 Å². The molecular weight excluding hydrogens is 535 g/mol. The molecule has 0 aliphatic rings. The van der Waals surface area contributed by atoms with E-state index < -0.39 is 33.7 Å². The van der Waals surface area contributed by atoms with E-state index in [9.17, 15) is 31.2 Å². The van der Waals surface area contributed by atoms with Crippen LogP contribution in [0.1, 0.15) is 51.2 Å². The molecule has 0 unspecified atom stereocenters. The summed E-state index contributed by atoms with van der Waals surface area (Å²) in [7, 11) is -2.40. The first kappa shape index (κ1) is 31.9. The van der Waals surface area contributed by atoms with Crippen LogP contribution in [0, 0.1) is 0 Å². The van der Waals surface area contributed by atoms with Gasteiger partial charge in [-0.2, -0.15) is 13.2 Å². The minimum atomic E-state index is -4.64. The molecule has 0 aliphatic heterocycles. The second-order valence-electron chi connectivity index (χ2n) is 9.35. The van der Waals surface area contributed by atoms with E-state index >= 15 is 0 Å². The van der Waals surface area contributed by atoms with Gasteiger partial charge in [-0.05, 0) is 62.6 Å². The molecule has 8 nitrogen and oxygen atoms in total. The van der Waals surface area contributed by atoms with Crippen LogP contribution in [0.4, 0.5) is 18.9 Å². The third-order valence-electron chi connectivity index (χ3n) is 6.29. The monoisotopic (exact) mass is 571 g/mol. The number of benzene rings is 2. The second-order valence-corrected chi connectivity index (χ2v) is 11.3. The summed E-state index contributed by atoms with van der Waals surface area (Å²) in [5, 5.41) is 2.87. The maximum Gasteiger partial charge on any atom is 0.416 e. The Morgan fingerprint density at radius 2 is 1.72 bits per heavy atom. The summed E-state index contributed by atoms with van der Waals surface area (Å²) in [6.07, 6.45) is -3.12. The fourth-order valence-corrected chi connectivity index (χ4v) is 4.77. The van der Waals surface area contributed by atoms with Crippen molar-refractivity contribution in [2.24, 2.45) is 0 Å². The first-order valence-corrected chi connectivity index (χ1v) is 14.4. The first-order valence-electron chi connectivity index (χ1n) is 12.5. The number of methoxy groups -OCH3 is 1. The van der Waals surface area contributed by atoms with Gasteiger partial charge in [0.1, 0.15) is 11.8 Å². The minimum Gasteiger partial charge on any atom is -0.497 e. The highest BCUT2D eigenvalue weighted by Crippen LogP contribution is 2.32. The molecule has 0 bridgehead atoms. The van der Waals surface area contributed by atoms with Gasteiger partial charge in [0, 0.05) is 25.6 Å². The molecule has 2 aromatic carbocycles. The average Bonchev–Trinajstić information content (AvgIpc) is 2.88. The molecule has 2 amide bonds. The summed E-state index contributed by atoms with van der Waals surface area (Å²) in [4.78, 5) is 27.6. The number of rotatable bonds is 13. The van der Waals surface area contributed by atoms with E-state index in [0.717, 1.165) is 34.3 Å². The van der Waals surface area contributed by atoms with Gasteiger partial charge in [0.25, 0.3) is 0 Å². The number of amides is 2. The highest BCUT2D eigenvalue weighted by Gasteiger charge is 2.32. The van der Waals surface area contributed by atoms with Crippen molar-refractivity contribution in [2.75, 3.05) is 24.2 Å². The van der Waals surface area contributed by atoms with Crippen LogP contribution in [0.5, 0.6) is 5.75 Å². The molecule has 1 N–H and O–H groups in total. The van der Waals surface area contributed by atoms with E-state index in [-0.39, 0.29) is 43.6 Å². The van der Waals surface area contributed by atoms with Crippen molar-refractivity contribution in [1.82, 2.24) is 10.2 Å². The topological polar surface area (TPSA) is 96.0 Å². The van der Waals surface area contributed by atoms with E-state index in [2.05, 4.69) is 5.32 Å². The number of nitrogens with one attached hydrogen (secondary N) is 1. The Balaban J connectivity index is 2.22. The zero-order valence-electron chi connectivity index (χ0n) is 22.8. The van der Waals surface area contributed by atoms with Gasteiger partial charge >= 0.3 is 6.18 Å². The zero-order chi connectivity index (χ0) is 29.4. The van der Waals surface area contributed by atoms with Crippen molar-refractivity contribution in [1.29, 1.82) is 0 Å². The molecule has 0 spiro atoms. The molecule has 12 heteroatoms. The second kappa shape index (κ2) is 13.7. The van der Waals surface area contributed by atoms with Crippen molar-refractivity contribution < 1.29 is 35.9 Å². The van der Waals surface area contributed by atoms with Crippen molar-refractivity contribution in [3.8, 4) is 5.75 Å². The standard InChI is InChI=1S/C27H36F3N3O5S/c1-6-19(2)31-26(35)20(3)32(18-21-12-14-24(38-4)15-13-21)25(34)11-8-16-33(39(5,36)37)23-10-7-9-22(17-23)27(28,29)30/h7,9-10,12-15,17,19-20H,6,8,11,16,18H2,1-5H3,(H,31,35)/t19-,20-/m0/s1. The van der Waals surface area contributed by atoms with Crippen LogP contribution in [0.25, 0.3) is 0 Å². The molecule has 0 fully saturated rings.